The topological polar surface area (TPSA) is 121 Å². The highest BCUT2D eigenvalue weighted by Gasteiger charge is 2.40. The second kappa shape index (κ2) is 8.88. The monoisotopic (exact) mass is 414 g/mol. The van der Waals surface area contributed by atoms with Gasteiger partial charge in [0.15, 0.2) is 0 Å². The second-order valence-electron chi connectivity index (χ2n) is 8.32. The van der Waals surface area contributed by atoms with Gasteiger partial charge in [-0.1, -0.05) is 61.9 Å². The summed E-state index contributed by atoms with van der Waals surface area (Å²) < 4.78 is 0. The minimum atomic E-state index is -1.86. The predicted octanol–water partition coefficient (Wildman–Crippen LogP) is 1.97. The zero-order chi connectivity index (χ0) is 22.2. The van der Waals surface area contributed by atoms with Crippen LogP contribution in [-0.4, -0.2) is 61.7 Å². The van der Waals surface area contributed by atoms with E-state index in [0.29, 0.717) is 11.5 Å². The molecule has 2 aromatic carbocycles. The van der Waals surface area contributed by atoms with Gasteiger partial charge < -0.3 is 30.6 Å². The van der Waals surface area contributed by atoms with Crippen LogP contribution in [0.5, 0.6) is 0 Å². The summed E-state index contributed by atoms with van der Waals surface area (Å²) in [4.78, 5) is 0. The van der Waals surface area contributed by atoms with E-state index >= 15 is 0 Å². The van der Waals surface area contributed by atoms with Crippen molar-refractivity contribution >= 4 is 5.57 Å². The maximum Gasteiger partial charge on any atom is 0.139 e. The predicted molar refractivity (Wildman–Crippen MR) is 114 cm³/mol. The number of fused-ring (bicyclic) bond motifs is 1. The van der Waals surface area contributed by atoms with Crippen LogP contribution in [0.1, 0.15) is 53.5 Å². The van der Waals surface area contributed by atoms with Gasteiger partial charge in [0, 0.05) is 11.5 Å². The summed E-state index contributed by atoms with van der Waals surface area (Å²) in [5, 5.41) is 60.0. The SMILES string of the molecule is Cc1ccc(C2C(=C(O)[C@H](O)[C@@H](O)[C@H](O)[C@H](O)CO)c3ccc(C(C)C)cc32)cc1. The number of hydrogen-bond acceptors (Lipinski definition) is 6. The first-order valence-corrected chi connectivity index (χ1v) is 10.1. The first-order chi connectivity index (χ1) is 14.2. The standard InChI is InChI=1S/C24H30O6/c1-12(2)15-8-9-16-17(10-15)19(14-6-4-13(3)5-7-14)20(16)22(28)24(30)23(29)21(27)18(26)11-25/h4-10,12,18-19,21,23-30H,11H2,1-3H3/t18-,19?,21-,23+,24+/m1/s1. The molecule has 0 spiro atoms. The molecule has 0 aliphatic heterocycles. The average Bonchev–Trinajstić information content (AvgIpc) is 2.73. The Morgan fingerprint density at radius 2 is 1.57 bits per heavy atom. The van der Waals surface area contributed by atoms with Crippen LogP contribution in [0.4, 0.5) is 0 Å². The molecule has 162 valence electrons. The normalized spacial score (nSPS) is 21.4. The number of allylic oxidation sites excluding steroid dienone is 1. The Kier molecular flexibility index (Phi) is 6.65. The molecule has 5 atom stereocenters. The Morgan fingerprint density at radius 3 is 2.13 bits per heavy atom. The second-order valence-corrected chi connectivity index (χ2v) is 8.32. The highest BCUT2D eigenvalue weighted by atomic mass is 16.4. The zero-order valence-corrected chi connectivity index (χ0v) is 17.4. The molecule has 3 rings (SSSR count). The summed E-state index contributed by atoms with van der Waals surface area (Å²) in [7, 11) is 0. The number of aliphatic hydroxyl groups excluding tert-OH is 6. The molecule has 30 heavy (non-hydrogen) atoms. The Hall–Kier alpha value is -2.22. The molecule has 1 aliphatic carbocycles. The van der Waals surface area contributed by atoms with Gasteiger partial charge in [0.25, 0.3) is 0 Å². The Labute approximate surface area is 176 Å². The van der Waals surface area contributed by atoms with Crippen LogP contribution in [0, 0.1) is 6.92 Å². The van der Waals surface area contributed by atoms with Gasteiger partial charge in [-0.25, -0.2) is 0 Å². The first-order valence-electron chi connectivity index (χ1n) is 10.1. The van der Waals surface area contributed by atoms with Crippen molar-refractivity contribution in [1.82, 2.24) is 0 Å². The Balaban J connectivity index is 2.06. The van der Waals surface area contributed by atoms with E-state index in [2.05, 4.69) is 19.9 Å². The molecule has 6 heteroatoms. The number of aliphatic hydroxyl groups is 6. The molecule has 0 heterocycles. The van der Waals surface area contributed by atoms with Crippen molar-refractivity contribution in [2.75, 3.05) is 6.61 Å². The molecule has 0 amide bonds. The molecule has 0 saturated heterocycles. The molecule has 6 nitrogen and oxygen atoms in total. The van der Waals surface area contributed by atoms with Crippen LogP contribution in [-0.2, 0) is 0 Å². The lowest BCUT2D eigenvalue weighted by atomic mass is 9.67. The third-order valence-corrected chi connectivity index (χ3v) is 5.85. The van der Waals surface area contributed by atoms with Crippen molar-refractivity contribution in [3.8, 4) is 0 Å². The molecular formula is C24H30O6. The van der Waals surface area contributed by atoms with Crippen LogP contribution in [0.2, 0.25) is 0 Å². The molecule has 0 bridgehead atoms. The van der Waals surface area contributed by atoms with Gasteiger partial charge in [-0.15, -0.1) is 0 Å². The van der Waals surface area contributed by atoms with E-state index < -0.39 is 36.8 Å². The highest BCUT2D eigenvalue weighted by Crippen LogP contribution is 2.52. The van der Waals surface area contributed by atoms with Gasteiger partial charge in [0.2, 0.25) is 0 Å². The number of benzene rings is 2. The van der Waals surface area contributed by atoms with E-state index in [1.54, 1.807) is 0 Å². The summed E-state index contributed by atoms with van der Waals surface area (Å²) in [5.74, 6) is -0.416. The molecule has 0 radical (unpaired) electrons. The maximum atomic E-state index is 10.8. The molecule has 1 unspecified atom stereocenters. The van der Waals surface area contributed by atoms with Crippen LogP contribution in [0.15, 0.2) is 48.2 Å². The van der Waals surface area contributed by atoms with Crippen molar-refractivity contribution in [2.24, 2.45) is 0 Å². The molecule has 2 aromatic rings. The van der Waals surface area contributed by atoms with Gasteiger partial charge in [-0.2, -0.15) is 0 Å². The minimum absolute atomic E-state index is 0.291. The average molecular weight is 414 g/mol. The fourth-order valence-electron chi connectivity index (χ4n) is 3.89. The Bertz CT molecular complexity index is 918. The lowest BCUT2D eigenvalue weighted by molar-refractivity contribution is -0.112. The van der Waals surface area contributed by atoms with E-state index in [4.69, 9.17) is 5.11 Å². The first kappa shape index (κ1) is 22.5. The molecule has 0 fully saturated rings. The lowest BCUT2D eigenvalue weighted by Crippen LogP contribution is -2.47. The van der Waals surface area contributed by atoms with Crippen molar-refractivity contribution in [3.63, 3.8) is 0 Å². The van der Waals surface area contributed by atoms with E-state index in [1.807, 2.05) is 43.3 Å². The summed E-state index contributed by atoms with van der Waals surface area (Å²) in [6.07, 6.45) is -7.13. The lowest BCUT2D eigenvalue weighted by Gasteiger charge is -2.37. The van der Waals surface area contributed by atoms with E-state index in [9.17, 15) is 25.5 Å². The van der Waals surface area contributed by atoms with Crippen molar-refractivity contribution in [2.45, 2.75) is 57.0 Å². The van der Waals surface area contributed by atoms with Crippen molar-refractivity contribution in [3.05, 3.63) is 76.0 Å². The molecule has 1 aliphatic rings. The molecule has 0 aromatic heterocycles. The minimum Gasteiger partial charge on any atom is -0.509 e. The number of hydrogen-bond donors (Lipinski definition) is 6. The Morgan fingerprint density at radius 1 is 0.933 bits per heavy atom. The molecule has 6 N–H and O–H groups in total. The fraction of sp³-hybridized carbons (Fsp3) is 0.417. The van der Waals surface area contributed by atoms with E-state index in [0.717, 1.165) is 27.8 Å². The van der Waals surface area contributed by atoms with Gasteiger partial charge in [-0.05, 0) is 35.1 Å². The van der Waals surface area contributed by atoms with Gasteiger partial charge in [-0.3, -0.25) is 0 Å². The summed E-state index contributed by atoms with van der Waals surface area (Å²) in [5.41, 5.74) is 5.46. The summed E-state index contributed by atoms with van der Waals surface area (Å²) >= 11 is 0. The number of rotatable bonds is 7. The van der Waals surface area contributed by atoms with Crippen LogP contribution >= 0.6 is 0 Å². The largest absolute Gasteiger partial charge is 0.509 e. The maximum absolute atomic E-state index is 10.8. The fourth-order valence-corrected chi connectivity index (χ4v) is 3.89. The van der Waals surface area contributed by atoms with Crippen LogP contribution < -0.4 is 0 Å². The van der Waals surface area contributed by atoms with Crippen LogP contribution in [0.25, 0.3) is 5.57 Å². The molecule has 0 saturated carbocycles. The smallest absolute Gasteiger partial charge is 0.139 e. The molecular weight excluding hydrogens is 384 g/mol. The third kappa shape index (κ3) is 4.02. The van der Waals surface area contributed by atoms with Gasteiger partial charge in [0.1, 0.15) is 30.2 Å². The zero-order valence-electron chi connectivity index (χ0n) is 17.4. The highest BCUT2D eigenvalue weighted by molar-refractivity contribution is 5.88. The summed E-state index contributed by atoms with van der Waals surface area (Å²) in [6.45, 7) is 5.40. The van der Waals surface area contributed by atoms with Gasteiger partial charge in [0.05, 0.1) is 6.61 Å². The number of aryl methyl sites for hydroxylation is 1. The third-order valence-electron chi connectivity index (χ3n) is 5.85. The summed E-state index contributed by atoms with van der Waals surface area (Å²) in [6, 6.07) is 13.8. The quantitative estimate of drug-likeness (QED) is 0.385. The van der Waals surface area contributed by atoms with Crippen molar-refractivity contribution in [1.29, 1.82) is 0 Å². The van der Waals surface area contributed by atoms with Crippen LogP contribution in [0.3, 0.4) is 0 Å². The van der Waals surface area contributed by atoms with Crippen molar-refractivity contribution < 1.29 is 30.6 Å². The van der Waals surface area contributed by atoms with E-state index in [1.165, 1.54) is 0 Å². The van der Waals surface area contributed by atoms with E-state index in [-0.39, 0.29) is 5.92 Å². The van der Waals surface area contributed by atoms with Gasteiger partial charge >= 0.3 is 0 Å².